The third-order valence-corrected chi connectivity index (χ3v) is 6.35. The van der Waals surface area contributed by atoms with Crippen molar-refractivity contribution in [2.45, 2.75) is 147 Å². The van der Waals surface area contributed by atoms with Gasteiger partial charge in [-0.15, -0.1) is 0 Å². The highest BCUT2D eigenvalue weighted by Crippen LogP contribution is 2.13. The topological polar surface area (TPSA) is 145 Å². The Kier molecular flexibility index (Phi) is 23.2. The van der Waals surface area contributed by atoms with Gasteiger partial charge in [0.25, 0.3) is 0 Å². The zero-order valence-corrected chi connectivity index (χ0v) is 22.4. The molecule has 0 unspecified atom stereocenters. The standard InChI is InChI=1S/C28H52O8/c1-2-3-4-5-6-7-8-9-10-11-12-13-14-15-16-17-18-19-20-21-24(31)36-28(35)27(34)26(33)25(32)23(30)22-29/h9-10,23,25-27,29-30,32-34H,2-8,11-22H2,1H3/b10-9-/t23-,25-,26+,27-/m1/s1. The minimum atomic E-state index is -2.20. The Hall–Kier alpha value is -1.32. The first kappa shape index (κ1) is 34.7. The van der Waals surface area contributed by atoms with Crippen LogP contribution in [0.2, 0.25) is 0 Å². The second-order valence-electron chi connectivity index (χ2n) is 9.72. The summed E-state index contributed by atoms with van der Waals surface area (Å²) in [7, 11) is 0. The minimum Gasteiger partial charge on any atom is -0.394 e. The van der Waals surface area contributed by atoms with E-state index in [2.05, 4.69) is 23.8 Å². The van der Waals surface area contributed by atoms with Gasteiger partial charge < -0.3 is 30.3 Å². The normalized spacial score (nSPS) is 15.1. The van der Waals surface area contributed by atoms with Gasteiger partial charge in [0.1, 0.15) is 18.3 Å². The van der Waals surface area contributed by atoms with Crippen LogP contribution in [0.5, 0.6) is 0 Å². The Labute approximate surface area is 217 Å². The molecule has 0 radical (unpaired) electrons. The molecule has 4 atom stereocenters. The van der Waals surface area contributed by atoms with Crippen LogP contribution in [0.3, 0.4) is 0 Å². The molecule has 0 aliphatic carbocycles. The number of hydrogen-bond donors (Lipinski definition) is 5. The zero-order chi connectivity index (χ0) is 27.0. The molecule has 0 fully saturated rings. The first-order valence-corrected chi connectivity index (χ1v) is 14.1. The Morgan fingerprint density at radius 2 is 1.11 bits per heavy atom. The minimum absolute atomic E-state index is 0.0166. The molecule has 0 rings (SSSR count). The van der Waals surface area contributed by atoms with Gasteiger partial charge >= 0.3 is 11.9 Å². The van der Waals surface area contributed by atoms with Crippen molar-refractivity contribution < 1.29 is 39.9 Å². The molecule has 0 amide bonds. The summed E-state index contributed by atoms with van der Waals surface area (Å²) in [6.07, 6.45) is 16.8. The van der Waals surface area contributed by atoms with Gasteiger partial charge in [-0.05, 0) is 32.1 Å². The Morgan fingerprint density at radius 3 is 1.58 bits per heavy atom. The monoisotopic (exact) mass is 516 g/mol. The number of esters is 2. The number of allylic oxidation sites excluding steroid dienone is 2. The van der Waals surface area contributed by atoms with Gasteiger partial charge in [-0.1, -0.05) is 96.1 Å². The molecule has 0 aromatic carbocycles. The van der Waals surface area contributed by atoms with Crippen molar-refractivity contribution in [2.75, 3.05) is 6.61 Å². The molecule has 5 N–H and O–H groups in total. The number of rotatable bonds is 24. The molecular formula is C28H52O8. The van der Waals surface area contributed by atoms with E-state index in [1.165, 1.54) is 83.5 Å². The van der Waals surface area contributed by atoms with Crippen LogP contribution in [0.25, 0.3) is 0 Å². The molecule has 8 heteroatoms. The van der Waals surface area contributed by atoms with Crippen LogP contribution in [0.15, 0.2) is 12.2 Å². The Balaban J connectivity index is 3.57. The fourth-order valence-corrected chi connectivity index (χ4v) is 3.93. The smallest absolute Gasteiger partial charge is 0.345 e. The van der Waals surface area contributed by atoms with Crippen LogP contribution in [-0.2, 0) is 14.3 Å². The van der Waals surface area contributed by atoms with Crippen LogP contribution in [0.1, 0.15) is 122 Å². The largest absolute Gasteiger partial charge is 0.394 e. The number of carbonyl (C=O) groups is 2. The maximum absolute atomic E-state index is 11.7. The third-order valence-electron chi connectivity index (χ3n) is 6.35. The van der Waals surface area contributed by atoms with Crippen LogP contribution in [0, 0.1) is 0 Å². The van der Waals surface area contributed by atoms with E-state index in [-0.39, 0.29) is 6.42 Å². The molecule has 0 aromatic heterocycles. The molecule has 0 saturated carbocycles. The molecule has 212 valence electrons. The molecule has 0 heterocycles. The molecule has 0 aliphatic heterocycles. The van der Waals surface area contributed by atoms with Crippen LogP contribution in [0.4, 0.5) is 0 Å². The van der Waals surface area contributed by atoms with E-state index >= 15 is 0 Å². The second-order valence-corrected chi connectivity index (χ2v) is 9.72. The van der Waals surface area contributed by atoms with Gasteiger partial charge in [0, 0.05) is 6.42 Å². The second kappa shape index (κ2) is 24.0. The highest BCUT2D eigenvalue weighted by Gasteiger charge is 2.35. The van der Waals surface area contributed by atoms with Crippen molar-refractivity contribution in [3.8, 4) is 0 Å². The van der Waals surface area contributed by atoms with E-state index in [1.807, 2.05) is 0 Å². The van der Waals surface area contributed by atoms with E-state index in [0.29, 0.717) is 6.42 Å². The number of aliphatic hydroxyl groups excluding tert-OH is 5. The Bertz CT molecular complexity index is 566. The SMILES string of the molecule is CCCCCCCC/C=C\CCCCCCCCCCCC(=O)OC(=O)[C@H](O)[C@@H](O)[C@H](O)[C@H](O)CO. The molecule has 36 heavy (non-hydrogen) atoms. The third kappa shape index (κ3) is 18.9. The Morgan fingerprint density at radius 1 is 0.667 bits per heavy atom. The first-order chi connectivity index (χ1) is 17.3. The fraction of sp³-hybridized carbons (Fsp3) is 0.857. The summed E-state index contributed by atoms with van der Waals surface area (Å²) in [6, 6.07) is 0. The summed E-state index contributed by atoms with van der Waals surface area (Å²) >= 11 is 0. The lowest BCUT2D eigenvalue weighted by Crippen LogP contribution is -2.49. The van der Waals surface area contributed by atoms with Gasteiger partial charge in [0.15, 0.2) is 6.10 Å². The highest BCUT2D eigenvalue weighted by molar-refractivity contribution is 5.88. The number of ether oxygens (including phenoxy) is 1. The van der Waals surface area contributed by atoms with E-state index in [9.17, 15) is 30.0 Å². The number of aliphatic hydroxyl groups is 5. The average Bonchev–Trinajstić information content (AvgIpc) is 2.88. The molecule has 0 saturated heterocycles. The maximum atomic E-state index is 11.7. The van der Waals surface area contributed by atoms with Crippen molar-refractivity contribution in [2.24, 2.45) is 0 Å². The predicted molar refractivity (Wildman–Crippen MR) is 140 cm³/mol. The van der Waals surface area contributed by atoms with Crippen molar-refractivity contribution in [3.05, 3.63) is 12.2 Å². The van der Waals surface area contributed by atoms with Crippen molar-refractivity contribution in [3.63, 3.8) is 0 Å². The van der Waals surface area contributed by atoms with Crippen LogP contribution >= 0.6 is 0 Å². The molecule has 0 bridgehead atoms. The molecular weight excluding hydrogens is 464 g/mol. The summed E-state index contributed by atoms with van der Waals surface area (Å²) in [5, 5.41) is 46.8. The van der Waals surface area contributed by atoms with Crippen molar-refractivity contribution in [1.82, 2.24) is 0 Å². The molecule has 8 nitrogen and oxygen atoms in total. The lowest BCUT2D eigenvalue weighted by molar-refractivity contribution is -0.176. The van der Waals surface area contributed by atoms with Gasteiger partial charge in [0.05, 0.1) is 6.61 Å². The van der Waals surface area contributed by atoms with Gasteiger partial charge in [-0.25, -0.2) is 4.79 Å². The van der Waals surface area contributed by atoms with Gasteiger partial charge in [-0.3, -0.25) is 4.79 Å². The number of hydrogen-bond acceptors (Lipinski definition) is 8. The van der Waals surface area contributed by atoms with E-state index < -0.39 is 43.0 Å². The van der Waals surface area contributed by atoms with Crippen LogP contribution < -0.4 is 0 Å². The summed E-state index contributed by atoms with van der Waals surface area (Å²) in [4.78, 5) is 23.4. The van der Waals surface area contributed by atoms with E-state index in [0.717, 1.165) is 19.3 Å². The summed E-state index contributed by atoms with van der Waals surface area (Å²) in [6.45, 7) is 1.38. The molecule has 0 aliphatic rings. The number of unbranched alkanes of at least 4 members (excludes halogenated alkanes) is 15. The molecule has 0 spiro atoms. The first-order valence-electron chi connectivity index (χ1n) is 14.1. The quantitative estimate of drug-likeness (QED) is 0.0558. The lowest BCUT2D eigenvalue weighted by atomic mass is 10.0. The average molecular weight is 517 g/mol. The van der Waals surface area contributed by atoms with E-state index in [1.54, 1.807) is 0 Å². The number of carbonyl (C=O) groups excluding carboxylic acids is 2. The summed E-state index contributed by atoms with van der Waals surface area (Å²) < 4.78 is 4.49. The maximum Gasteiger partial charge on any atom is 0.345 e. The summed E-state index contributed by atoms with van der Waals surface area (Å²) in [5.41, 5.74) is 0. The zero-order valence-electron chi connectivity index (χ0n) is 22.4. The van der Waals surface area contributed by atoms with E-state index in [4.69, 9.17) is 5.11 Å². The fourth-order valence-electron chi connectivity index (χ4n) is 3.93. The van der Waals surface area contributed by atoms with Gasteiger partial charge in [-0.2, -0.15) is 0 Å². The lowest BCUT2D eigenvalue weighted by Gasteiger charge is -2.24. The molecule has 0 aromatic rings. The van der Waals surface area contributed by atoms with Crippen molar-refractivity contribution >= 4 is 11.9 Å². The predicted octanol–water partition coefficient (Wildman–Crippen LogP) is 4.09. The highest BCUT2D eigenvalue weighted by atomic mass is 16.6. The van der Waals surface area contributed by atoms with Gasteiger partial charge in [0.2, 0.25) is 0 Å². The van der Waals surface area contributed by atoms with Crippen molar-refractivity contribution in [1.29, 1.82) is 0 Å². The summed E-state index contributed by atoms with van der Waals surface area (Å²) in [5.74, 6) is -2.21. The van der Waals surface area contributed by atoms with Crippen LogP contribution in [-0.4, -0.2) is 68.5 Å².